The highest BCUT2D eigenvalue weighted by atomic mass is 16.8. The number of carbonyl (C=O) groups is 2. The number of carboxylic acids is 1. The van der Waals surface area contributed by atoms with Crippen LogP contribution in [0.4, 0.5) is 0 Å². The average Bonchev–Trinajstić information content (AvgIpc) is 3.09. The Hall–Kier alpha value is -2.22. The number of unbranched alkanes of at least 4 members (excludes halogenated alkanes) is 24. The lowest BCUT2D eigenvalue weighted by atomic mass is 10.1. The van der Waals surface area contributed by atoms with Gasteiger partial charge in [-0.05, 0) is 70.6 Å². The molecule has 0 aliphatic heterocycles. The summed E-state index contributed by atoms with van der Waals surface area (Å²) in [6.45, 7) is 5.10. The van der Waals surface area contributed by atoms with Gasteiger partial charge in [0.15, 0.2) is 4.87 Å². The van der Waals surface area contributed by atoms with Crippen LogP contribution in [0.1, 0.15) is 206 Å². The lowest BCUT2D eigenvalue weighted by molar-refractivity contribution is -0.768. The van der Waals surface area contributed by atoms with Crippen LogP contribution < -0.4 is 10.8 Å². The van der Waals surface area contributed by atoms with Gasteiger partial charge in [0.25, 0.3) is 0 Å². The van der Waals surface area contributed by atoms with Gasteiger partial charge in [-0.2, -0.15) is 0 Å². The molecule has 0 fully saturated rings. The topological polar surface area (TPSA) is 116 Å². The quantitative estimate of drug-likeness (QED) is 0.0296. The summed E-state index contributed by atoms with van der Waals surface area (Å²) in [5.41, 5.74) is 5.47. The Morgan fingerprint density at radius 1 is 0.612 bits per heavy atom. The van der Waals surface area contributed by atoms with E-state index in [1.165, 1.54) is 116 Å². The van der Waals surface area contributed by atoms with Crippen LogP contribution in [-0.4, -0.2) is 41.1 Å². The van der Waals surface area contributed by atoms with E-state index in [-0.39, 0.29) is 19.4 Å². The average molecular weight is 692 g/mol. The van der Waals surface area contributed by atoms with Crippen molar-refractivity contribution in [2.24, 2.45) is 5.73 Å². The second kappa shape index (κ2) is 37.0. The predicted molar refractivity (Wildman–Crippen MR) is 202 cm³/mol. The summed E-state index contributed by atoms with van der Waals surface area (Å²) in [6, 6.07) is -1.23. The third kappa shape index (κ3) is 34.0. The van der Waals surface area contributed by atoms with Gasteiger partial charge < -0.3 is 15.6 Å². The monoisotopic (exact) mass is 692 g/mol. The van der Waals surface area contributed by atoms with E-state index in [1.807, 2.05) is 0 Å². The highest BCUT2D eigenvalue weighted by molar-refractivity contribution is 5.73. The molecule has 0 aliphatic rings. The molecular weight excluding hydrogens is 614 g/mol. The van der Waals surface area contributed by atoms with Crippen LogP contribution in [0.5, 0.6) is 0 Å². The fourth-order valence-electron chi connectivity index (χ4n) is 5.86. The van der Waals surface area contributed by atoms with E-state index in [0.29, 0.717) is 6.54 Å². The van der Waals surface area contributed by atoms with Crippen molar-refractivity contribution in [3.8, 4) is 0 Å². The van der Waals surface area contributed by atoms with Gasteiger partial charge in [-0.1, -0.05) is 147 Å². The zero-order valence-electron chi connectivity index (χ0n) is 32.0. The van der Waals surface area contributed by atoms with Crippen molar-refractivity contribution < 1.29 is 24.4 Å². The van der Waals surface area contributed by atoms with Gasteiger partial charge in [-0.15, -0.1) is 0 Å². The smallest absolute Gasteiger partial charge is 0.338 e. The molecule has 0 aromatic carbocycles. The van der Waals surface area contributed by atoms with Crippen LogP contribution in [-0.2, 0) is 14.4 Å². The normalized spacial score (nSPS) is 12.2. The second-order valence-electron chi connectivity index (χ2n) is 14.0. The van der Waals surface area contributed by atoms with Crippen LogP contribution >= 0.6 is 0 Å². The molecule has 49 heavy (non-hydrogen) atoms. The molecule has 0 amide bonds. The molecule has 0 saturated heterocycles. The molecule has 0 saturated carbocycles. The number of carbonyl (C=O) groups excluding carboxylic acids is 2. The Kier molecular flexibility index (Phi) is 35.4. The summed E-state index contributed by atoms with van der Waals surface area (Å²) in [5, 5.41) is 12.0. The molecule has 0 rings (SSSR count). The molecule has 0 aromatic rings. The first-order valence-electron chi connectivity index (χ1n) is 20.6. The molecule has 0 aliphatic carbocycles. The molecule has 2 N–H and O–H groups in total. The van der Waals surface area contributed by atoms with Crippen LogP contribution in [0, 0.1) is 4.91 Å². The van der Waals surface area contributed by atoms with Crippen molar-refractivity contribution >= 4 is 11.9 Å². The fraction of sp³-hybridized carbons (Fsp3) is 0.854. The minimum atomic E-state index is -1.40. The minimum absolute atomic E-state index is 0.0863. The van der Waals surface area contributed by atoms with E-state index in [4.69, 9.17) is 10.6 Å². The van der Waals surface area contributed by atoms with Crippen LogP contribution in [0.2, 0.25) is 0 Å². The van der Waals surface area contributed by atoms with Crippen molar-refractivity contribution in [2.45, 2.75) is 213 Å². The van der Waals surface area contributed by atoms with Crippen molar-refractivity contribution in [3.05, 3.63) is 29.2 Å². The van der Waals surface area contributed by atoms with E-state index >= 15 is 0 Å². The molecule has 8 nitrogen and oxygen atoms in total. The van der Waals surface area contributed by atoms with Gasteiger partial charge >= 0.3 is 5.97 Å². The molecule has 0 aromatic heterocycles. The van der Waals surface area contributed by atoms with Gasteiger partial charge in [0, 0.05) is 17.6 Å². The number of carboxylic acid groups (broad SMARTS) is 1. The van der Waals surface area contributed by atoms with Gasteiger partial charge in [-0.25, -0.2) is 4.79 Å². The molecular formula is C41H77N3O5. The Morgan fingerprint density at radius 2 is 0.980 bits per heavy atom. The lowest BCUT2D eigenvalue weighted by Crippen LogP contribution is -2.42. The van der Waals surface area contributed by atoms with E-state index in [9.17, 15) is 19.6 Å². The molecule has 8 heteroatoms. The first-order valence-corrected chi connectivity index (χ1v) is 20.6. The molecule has 0 unspecified atom stereocenters. The number of hydrogen-bond acceptors (Lipinski definition) is 6. The van der Waals surface area contributed by atoms with E-state index in [2.05, 4.69) is 38.2 Å². The highest BCUT2D eigenvalue weighted by Crippen LogP contribution is 2.13. The van der Waals surface area contributed by atoms with Gasteiger partial charge in [0.05, 0.1) is 17.3 Å². The zero-order chi connectivity index (χ0) is 36.0. The lowest BCUT2D eigenvalue weighted by Gasteiger charge is -2.15. The third-order valence-corrected chi connectivity index (χ3v) is 9.14. The number of hydrogen-bond donors (Lipinski definition) is 1. The Balaban J connectivity index is 4.17. The zero-order valence-corrected chi connectivity index (χ0v) is 32.0. The van der Waals surface area contributed by atoms with Gasteiger partial charge in [-0.3, -0.25) is 4.84 Å². The summed E-state index contributed by atoms with van der Waals surface area (Å²) in [4.78, 5) is 42.3. The van der Waals surface area contributed by atoms with Crippen molar-refractivity contribution in [1.82, 2.24) is 5.17 Å². The summed E-state index contributed by atoms with van der Waals surface area (Å²) in [6.07, 6.45) is 42.6. The Labute approximate surface area is 301 Å². The van der Waals surface area contributed by atoms with Crippen molar-refractivity contribution in [3.63, 3.8) is 0 Å². The number of nitrogens with two attached hydrogens (primary N) is 1. The van der Waals surface area contributed by atoms with E-state index in [1.54, 1.807) is 0 Å². The largest absolute Gasteiger partial charge is 0.548 e. The van der Waals surface area contributed by atoms with E-state index in [0.717, 1.165) is 74.2 Å². The summed E-state index contributed by atoms with van der Waals surface area (Å²) >= 11 is 0. The summed E-state index contributed by atoms with van der Waals surface area (Å²) in [5.74, 6) is -2.05. The number of hydroxylamine groups is 1. The van der Waals surface area contributed by atoms with E-state index < -0.39 is 18.0 Å². The number of nitrogens with zero attached hydrogens (tertiary/aromatic N) is 2. The minimum Gasteiger partial charge on any atom is -0.548 e. The number of hydrazine groups is 1. The standard InChI is InChI=1S/C41H77N3O5/c1-3-5-7-9-11-13-15-17-19-21-23-25-27-29-31-33-37-43(48)44(49-40(45)36-35-39(42)41(46)47)38-34-32-30-28-26-24-22-20-18-16-14-12-10-8-6-4-2/h17-20,39H,3-16,21-38,42H2,1-2H3/b19-17-,20-18-/t39-/m0/s1. The summed E-state index contributed by atoms with van der Waals surface area (Å²) < 4.78 is 0. The highest BCUT2D eigenvalue weighted by Gasteiger charge is 2.25. The Bertz CT molecular complexity index is 832. The maximum Gasteiger partial charge on any atom is 0.338 e. The Morgan fingerprint density at radius 3 is 1.39 bits per heavy atom. The molecule has 286 valence electrons. The maximum atomic E-state index is 12.9. The fourth-order valence-corrected chi connectivity index (χ4v) is 5.86. The third-order valence-electron chi connectivity index (χ3n) is 9.14. The predicted octanol–water partition coefficient (Wildman–Crippen LogP) is 10.4. The molecule has 0 heterocycles. The number of allylic oxidation sites excluding steroid dienone is 4. The molecule has 0 bridgehead atoms. The van der Waals surface area contributed by atoms with Gasteiger partial charge in [0.1, 0.15) is 6.54 Å². The first-order chi connectivity index (χ1) is 23.9. The van der Waals surface area contributed by atoms with Crippen molar-refractivity contribution in [1.29, 1.82) is 0 Å². The van der Waals surface area contributed by atoms with Crippen molar-refractivity contribution in [2.75, 3.05) is 13.1 Å². The SMILES string of the molecule is CCCCCCCC/C=C\CCCCCCCCN(OC(=O)CC[C@H](N)C(=O)[O-])[N+](=O)CCCCCCCC/C=C\CCCCCCCC. The number of nitroso groups, excluding NO2 is 1. The first kappa shape index (κ1) is 46.8. The molecule has 0 spiro atoms. The molecule has 1 atom stereocenters. The second-order valence-corrected chi connectivity index (χ2v) is 14.0. The van der Waals surface area contributed by atoms with Crippen LogP contribution in [0.3, 0.4) is 0 Å². The van der Waals surface area contributed by atoms with Gasteiger partial charge in [0.2, 0.25) is 6.54 Å². The number of rotatable bonds is 38. The van der Waals surface area contributed by atoms with Crippen LogP contribution in [0.15, 0.2) is 24.3 Å². The summed E-state index contributed by atoms with van der Waals surface area (Å²) in [7, 11) is 0. The maximum absolute atomic E-state index is 12.9. The number of aliphatic carboxylic acids is 1. The van der Waals surface area contributed by atoms with Crippen LogP contribution in [0.25, 0.3) is 0 Å². The molecule has 0 radical (unpaired) electrons.